The van der Waals surface area contributed by atoms with E-state index in [4.69, 9.17) is 5.11 Å². The van der Waals surface area contributed by atoms with Gasteiger partial charge in [0.25, 0.3) is 0 Å². The number of aromatic nitrogens is 1. The minimum Gasteiger partial charge on any atom is -0.395 e. The van der Waals surface area contributed by atoms with Crippen molar-refractivity contribution in [2.75, 3.05) is 25.0 Å². The van der Waals surface area contributed by atoms with Crippen LogP contribution in [0.4, 0.5) is 5.82 Å². The Balaban J connectivity index is 1.86. The van der Waals surface area contributed by atoms with Crippen molar-refractivity contribution in [2.24, 2.45) is 0 Å². The third-order valence-electron chi connectivity index (χ3n) is 3.32. The van der Waals surface area contributed by atoms with Gasteiger partial charge in [-0.2, -0.15) is 0 Å². The van der Waals surface area contributed by atoms with Gasteiger partial charge in [-0.05, 0) is 40.9 Å². The summed E-state index contributed by atoms with van der Waals surface area (Å²) in [5.74, 6) is 0.459. The van der Waals surface area contributed by atoms with Crippen LogP contribution in [0, 0.1) is 0 Å². The molecule has 1 aromatic heterocycles. The molecule has 1 aliphatic carbocycles. The van der Waals surface area contributed by atoms with Gasteiger partial charge in [-0.1, -0.05) is 6.42 Å². The number of pyridine rings is 1. The van der Waals surface area contributed by atoms with E-state index >= 15 is 0 Å². The Morgan fingerprint density at radius 3 is 2.84 bits per heavy atom. The first-order valence-corrected chi connectivity index (χ1v) is 7.24. The number of rotatable bonds is 6. The molecule has 0 unspecified atom stereocenters. The van der Waals surface area contributed by atoms with Crippen molar-refractivity contribution < 1.29 is 9.90 Å². The van der Waals surface area contributed by atoms with Crippen molar-refractivity contribution in [3.8, 4) is 0 Å². The lowest BCUT2D eigenvalue weighted by atomic mass is 9.91. The first-order valence-electron chi connectivity index (χ1n) is 6.45. The maximum Gasteiger partial charge on any atom is 0.239 e. The molecule has 0 bridgehead atoms. The molecule has 1 saturated carbocycles. The highest BCUT2D eigenvalue weighted by Crippen LogP contribution is 2.24. The third-order valence-corrected chi connectivity index (χ3v) is 3.79. The minimum atomic E-state index is -0.0878. The largest absolute Gasteiger partial charge is 0.395 e. The summed E-state index contributed by atoms with van der Waals surface area (Å²) >= 11 is 3.30. The number of amides is 1. The van der Waals surface area contributed by atoms with E-state index in [1.807, 2.05) is 11.0 Å². The Bertz CT molecular complexity index is 420. The molecule has 104 valence electrons. The molecule has 0 aliphatic heterocycles. The molecule has 1 amide bonds. The zero-order valence-corrected chi connectivity index (χ0v) is 12.3. The van der Waals surface area contributed by atoms with Gasteiger partial charge in [0.15, 0.2) is 0 Å². The van der Waals surface area contributed by atoms with E-state index in [9.17, 15) is 4.79 Å². The van der Waals surface area contributed by atoms with E-state index in [1.54, 1.807) is 12.3 Å². The Morgan fingerprint density at radius 2 is 2.32 bits per heavy atom. The highest BCUT2D eigenvalue weighted by molar-refractivity contribution is 9.10. The normalized spacial score (nSPS) is 15.3. The number of hydrogen-bond donors (Lipinski definition) is 2. The number of carbonyl (C=O) groups excluding carboxylic acids is 1. The summed E-state index contributed by atoms with van der Waals surface area (Å²) in [4.78, 5) is 18.1. The minimum absolute atomic E-state index is 0.0836. The summed E-state index contributed by atoms with van der Waals surface area (Å²) in [6.07, 6.45) is 5.09. The van der Waals surface area contributed by atoms with Crippen LogP contribution in [0.1, 0.15) is 19.3 Å². The lowest BCUT2D eigenvalue weighted by Crippen LogP contribution is -2.45. The molecule has 1 aromatic rings. The number of anilines is 1. The molecule has 19 heavy (non-hydrogen) atoms. The average molecular weight is 328 g/mol. The Morgan fingerprint density at radius 1 is 1.53 bits per heavy atom. The van der Waals surface area contributed by atoms with Crippen LogP contribution in [0.2, 0.25) is 0 Å². The molecule has 0 spiro atoms. The van der Waals surface area contributed by atoms with Gasteiger partial charge in [0.2, 0.25) is 5.91 Å². The van der Waals surface area contributed by atoms with E-state index in [0.717, 1.165) is 17.3 Å². The first kappa shape index (κ1) is 14.4. The number of nitrogens with one attached hydrogen (secondary N) is 1. The molecule has 2 rings (SSSR count). The highest BCUT2D eigenvalue weighted by atomic mass is 79.9. The van der Waals surface area contributed by atoms with E-state index in [1.165, 1.54) is 6.42 Å². The summed E-state index contributed by atoms with van der Waals surface area (Å²) < 4.78 is 0.877. The zero-order valence-electron chi connectivity index (χ0n) is 10.7. The van der Waals surface area contributed by atoms with Gasteiger partial charge in [0.05, 0.1) is 13.2 Å². The number of nitrogens with zero attached hydrogens (tertiary/aromatic N) is 2. The molecule has 1 heterocycles. The van der Waals surface area contributed by atoms with Crippen molar-refractivity contribution in [2.45, 2.75) is 25.3 Å². The van der Waals surface area contributed by atoms with E-state index in [0.29, 0.717) is 24.9 Å². The zero-order chi connectivity index (χ0) is 13.7. The van der Waals surface area contributed by atoms with Crippen LogP contribution in [0.5, 0.6) is 0 Å². The van der Waals surface area contributed by atoms with Gasteiger partial charge in [-0.15, -0.1) is 0 Å². The van der Waals surface area contributed by atoms with Gasteiger partial charge in [0.1, 0.15) is 5.82 Å². The molecule has 0 aromatic carbocycles. The summed E-state index contributed by atoms with van der Waals surface area (Å²) in [5, 5.41) is 11.8. The number of carbonyl (C=O) groups is 1. The smallest absolute Gasteiger partial charge is 0.239 e. The Hall–Kier alpha value is -0.980. The maximum atomic E-state index is 11.9. The molecule has 0 atom stereocenters. The summed E-state index contributed by atoms with van der Waals surface area (Å²) in [7, 11) is 0. The highest BCUT2D eigenvalue weighted by Gasteiger charge is 2.25. The van der Waals surface area contributed by atoms with Crippen LogP contribution in [-0.2, 0) is 4.79 Å². The van der Waals surface area contributed by atoms with E-state index in [-0.39, 0.29) is 12.5 Å². The van der Waals surface area contributed by atoms with Crippen molar-refractivity contribution in [3.05, 3.63) is 22.8 Å². The van der Waals surface area contributed by atoms with Gasteiger partial charge in [0, 0.05) is 23.3 Å². The van der Waals surface area contributed by atoms with E-state index < -0.39 is 0 Å². The van der Waals surface area contributed by atoms with Crippen LogP contribution < -0.4 is 5.32 Å². The SMILES string of the molecule is O=C(CN(CCO)C1CCC1)Nc1ccc(Br)cn1. The number of aliphatic hydroxyl groups excluding tert-OH is 1. The molecule has 0 radical (unpaired) electrons. The lowest BCUT2D eigenvalue weighted by molar-refractivity contribution is -0.118. The van der Waals surface area contributed by atoms with E-state index in [2.05, 4.69) is 26.2 Å². The van der Waals surface area contributed by atoms with Crippen molar-refractivity contribution >= 4 is 27.7 Å². The van der Waals surface area contributed by atoms with Crippen molar-refractivity contribution in [3.63, 3.8) is 0 Å². The van der Waals surface area contributed by atoms with Crippen LogP contribution in [0.3, 0.4) is 0 Å². The molecular formula is C13H18BrN3O2. The standard InChI is InChI=1S/C13H18BrN3O2/c14-10-4-5-12(15-8-10)16-13(19)9-17(6-7-18)11-2-1-3-11/h4-5,8,11,18H,1-3,6-7,9H2,(H,15,16,19). The maximum absolute atomic E-state index is 11.9. The van der Waals surface area contributed by atoms with Gasteiger partial charge in [-0.3, -0.25) is 9.69 Å². The van der Waals surface area contributed by atoms with Gasteiger partial charge in [-0.25, -0.2) is 4.98 Å². The van der Waals surface area contributed by atoms with Gasteiger partial charge >= 0.3 is 0 Å². The summed E-state index contributed by atoms with van der Waals surface area (Å²) in [5.41, 5.74) is 0. The predicted octanol–water partition coefficient (Wildman–Crippen LogP) is 1.63. The van der Waals surface area contributed by atoms with Crippen molar-refractivity contribution in [1.82, 2.24) is 9.88 Å². The second kappa shape index (κ2) is 6.98. The van der Waals surface area contributed by atoms with Crippen LogP contribution >= 0.6 is 15.9 Å². The molecular weight excluding hydrogens is 310 g/mol. The fourth-order valence-electron chi connectivity index (χ4n) is 2.09. The summed E-state index contributed by atoms with van der Waals surface area (Å²) in [6.45, 7) is 0.940. The molecule has 5 nitrogen and oxygen atoms in total. The number of aliphatic hydroxyl groups is 1. The van der Waals surface area contributed by atoms with Crippen molar-refractivity contribution in [1.29, 1.82) is 0 Å². The predicted molar refractivity (Wildman–Crippen MR) is 76.9 cm³/mol. The van der Waals surface area contributed by atoms with Crippen LogP contribution in [0.25, 0.3) is 0 Å². The quantitative estimate of drug-likeness (QED) is 0.833. The number of hydrogen-bond acceptors (Lipinski definition) is 4. The first-order chi connectivity index (χ1) is 9.19. The Labute approximate surface area is 121 Å². The van der Waals surface area contributed by atoms with Gasteiger partial charge < -0.3 is 10.4 Å². The lowest BCUT2D eigenvalue weighted by Gasteiger charge is -2.36. The third kappa shape index (κ3) is 4.26. The molecule has 1 fully saturated rings. The second-order valence-corrected chi connectivity index (χ2v) is 5.60. The topological polar surface area (TPSA) is 65.5 Å². The summed E-state index contributed by atoms with van der Waals surface area (Å²) in [6, 6.07) is 4.03. The monoisotopic (exact) mass is 327 g/mol. The molecule has 2 N–H and O–H groups in total. The fraction of sp³-hybridized carbons (Fsp3) is 0.538. The van der Waals surface area contributed by atoms with Crippen LogP contribution in [0.15, 0.2) is 22.8 Å². The second-order valence-electron chi connectivity index (χ2n) is 4.69. The average Bonchev–Trinajstić information content (AvgIpc) is 2.30. The Kier molecular flexibility index (Phi) is 5.30. The molecule has 0 saturated heterocycles. The van der Waals surface area contributed by atoms with Crippen LogP contribution in [-0.4, -0.2) is 46.6 Å². The fourth-order valence-corrected chi connectivity index (χ4v) is 2.32. The number of halogens is 1. The molecule has 6 heteroatoms. The molecule has 1 aliphatic rings.